The minimum Gasteiger partial charge on any atom is -0.505 e. The Morgan fingerprint density at radius 2 is 2.15 bits per heavy atom. The van der Waals surface area contributed by atoms with Gasteiger partial charge in [0.15, 0.2) is 11.6 Å². The maximum atomic E-state index is 13.7. The average molecular weight is 277 g/mol. The van der Waals surface area contributed by atoms with E-state index in [1.807, 2.05) is 0 Å². The number of hydrogen-bond acceptors (Lipinski definition) is 4. The van der Waals surface area contributed by atoms with Crippen molar-refractivity contribution in [2.75, 3.05) is 26.2 Å². The van der Waals surface area contributed by atoms with Gasteiger partial charge in [0.05, 0.1) is 11.6 Å². The smallest absolute Gasteiger partial charge is 0.165 e. The van der Waals surface area contributed by atoms with Crippen LogP contribution in [0.2, 0.25) is 0 Å². The van der Waals surface area contributed by atoms with Gasteiger partial charge in [-0.1, -0.05) is 13.3 Å². The highest BCUT2D eigenvalue weighted by molar-refractivity contribution is 5.48. The third-order valence-electron chi connectivity index (χ3n) is 3.78. The number of phenols is 1. The molecule has 4 nitrogen and oxygen atoms in total. The van der Waals surface area contributed by atoms with Crippen LogP contribution in [0.5, 0.6) is 5.75 Å². The van der Waals surface area contributed by atoms with Crippen LogP contribution < -0.4 is 5.32 Å². The van der Waals surface area contributed by atoms with Gasteiger partial charge in [-0.2, -0.15) is 5.26 Å². The predicted octanol–water partition coefficient (Wildman–Crippen LogP) is 2.15. The van der Waals surface area contributed by atoms with Crippen LogP contribution in [-0.4, -0.2) is 36.2 Å². The van der Waals surface area contributed by atoms with E-state index < -0.39 is 5.82 Å². The quantitative estimate of drug-likeness (QED) is 0.885. The molecule has 0 amide bonds. The molecule has 0 aliphatic carbocycles. The van der Waals surface area contributed by atoms with E-state index in [1.165, 1.54) is 6.07 Å². The lowest BCUT2D eigenvalue weighted by Crippen LogP contribution is -2.45. The van der Waals surface area contributed by atoms with Crippen LogP contribution in [0.25, 0.3) is 0 Å². The highest BCUT2D eigenvalue weighted by Gasteiger charge is 2.27. The van der Waals surface area contributed by atoms with Gasteiger partial charge in [-0.15, -0.1) is 0 Å². The van der Waals surface area contributed by atoms with Crippen molar-refractivity contribution in [3.63, 3.8) is 0 Å². The third kappa shape index (κ3) is 2.92. The normalized spacial score (nSPS) is 17.6. The van der Waals surface area contributed by atoms with Crippen LogP contribution in [0, 0.1) is 17.1 Å². The van der Waals surface area contributed by atoms with Crippen LogP contribution in [0.15, 0.2) is 12.1 Å². The summed E-state index contributed by atoms with van der Waals surface area (Å²) < 4.78 is 13.7. The van der Waals surface area contributed by atoms with Gasteiger partial charge in [0.2, 0.25) is 0 Å². The number of piperazine rings is 1. The minimum atomic E-state index is -0.657. The fourth-order valence-corrected chi connectivity index (χ4v) is 2.79. The van der Waals surface area contributed by atoms with Gasteiger partial charge in [-0.05, 0) is 18.6 Å². The molecule has 5 heteroatoms. The molecule has 2 rings (SSSR count). The van der Waals surface area contributed by atoms with Gasteiger partial charge in [-0.25, -0.2) is 4.39 Å². The Labute approximate surface area is 118 Å². The van der Waals surface area contributed by atoms with Crippen molar-refractivity contribution in [2.24, 2.45) is 0 Å². The van der Waals surface area contributed by atoms with E-state index in [0.717, 1.165) is 45.1 Å². The van der Waals surface area contributed by atoms with Crippen LogP contribution in [0.3, 0.4) is 0 Å². The molecule has 1 aliphatic rings. The van der Waals surface area contributed by atoms with E-state index in [9.17, 15) is 14.8 Å². The molecule has 1 aromatic carbocycles. The van der Waals surface area contributed by atoms with Crippen molar-refractivity contribution < 1.29 is 9.50 Å². The fraction of sp³-hybridized carbons (Fsp3) is 0.533. The minimum absolute atomic E-state index is 0.104. The predicted molar refractivity (Wildman–Crippen MR) is 74.9 cm³/mol. The van der Waals surface area contributed by atoms with Crippen LogP contribution in [0.4, 0.5) is 4.39 Å². The average Bonchev–Trinajstić information content (AvgIpc) is 2.49. The summed E-state index contributed by atoms with van der Waals surface area (Å²) in [7, 11) is 0. The number of benzene rings is 1. The second kappa shape index (κ2) is 6.69. The highest BCUT2D eigenvalue weighted by Crippen LogP contribution is 2.36. The molecule has 1 atom stereocenters. The molecule has 108 valence electrons. The number of halogens is 1. The number of hydrogen-bond donors (Lipinski definition) is 2. The Morgan fingerprint density at radius 1 is 1.45 bits per heavy atom. The fourth-order valence-electron chi connectivity index (χ4n) is 2.79. The van der Waals surface area contributed by atoms with Gasteiger partial charge in [-0.3, -0.25) is 4.90 Å². The maximum Gasteiger partial charge on any atom is 0.165 e. The van der Waals surface area contributed by atoms with Crippen LogP contribution in [0.1, 0.15) is 36.9 Å². The molecule has 1 fully saturated rings. The van der Waals surface area contributed by atoms with Crippen molar-refractivity contribution in [3.05, 3.63) is 29.1 Å². The lowest BCUT2D eigenvalue weighted by Gasteiger charge is -2.35. The Hall–Kier alpha value is -1.64. The van der Waals surface area contributed by atoms with Gasteiger partial charge in [0, 0.05) is 37.8 Å². The standard InChI is InChI=1S/C15H20FN3O/c1-2-3-13(19-8-6-18-7-9-19)14-11(10-17)4-5-12(16)15(14)20/h4-5,13,18,20H,2-3,6-9H2,1H3/t13-/m1/s1. The van der Waals surface area contributed by atoms with E-state index in [2.05, 4.69) is 23.2 Å². The van der Waals surface area contributed by atoms with Gasteiger partial charge >= 0.3 is 0 Å². The summed E-state index contributed by atoms with van der Waals surface area (Å²) in [6.07, 6.45) is 1.71. The molecule has 1 aliphatic heterocycles. The molecule has 0 aromatic heterocycles. The monoisotopic (exact) mass is 277 g/mol. The molecule has 0 saturated carbocycles. The Kier molecular flexibility index (Phi) is 4.94. The van der Waals surface area contributed by atoms with Crippen molar-refractivity contribution in [3.8, 4) is 11.8 Å². The summed E-state index contributed by atoms with van der Waals surface area (Å²) in [5.74, 6) is -1.03. The molecule has 1 heterocycles. The van der Waals surface area contributed by atoms with Crippen molar-refractivity contribution in [2.45, 2.75) is 25.8 Å². The first-order chi connectivity index (χ1) is 9.69. The zero-order valence-corrected chi connectivity index (χ0v) is 11.7. The number of aromatic hydroxyl groups is 1. The van der Waals surface area contributed by atoms with Gasteiger partial charge in [0.1, 0.15) is 0 Å². The third-order valence-corrected chi connectivity index (χ3v) is 3.78. The first-order valence-electron chi connectivity index (χ1n) is 7.05. The second-order valence-electron chi connectivity index (χ2n) is 5.06. The lowest BCUT2D eigenvalue weighted by atomic mass is 9.94. The van der Waals surface area contributed by atoms with E-state index in [0.29, 0.717) is 11.1 Å². The number of phenolic OH excluding ortho intramolecular Hbond substituents is 1. The van der Waals surface area contributed by atoms with Crippen LogP contribution in [-0.2, 0) is 0 Å². The van der Waals surface area contributed by atoms with Crippen molar-refractivity contribution >= 4 is 0 Å². The largest absolute Gasteiger partial charge is 0.505 e. The van der Waals surface area contributed by atoms with Crippen molar-refractivity contribution in [1.29, 1.82) is 5.26 Å². The number of nitrogens with zero attached hydrogens (tertiary/aromatic N) is 2. The summed E-state index contributed by atoms with van der Waals surface area (Å²) in [6.45, 7) is 5.48. The summed E-state index contributed by atoms with van der Waals surface area (Å²) >= 11 is 0. The zero-order valence-electron chi connectivity index (χ0n) is 11.7. The lowest BCUT2D eigenvalue weighted by molar-refractivity contribution is 0.161. The Bertz CT molecular complexity index is 507. The molecular weight excluding hydrogens is 257 g/mol. The Morgan fingerprint density at radius 3 is 2.75 bits per heavy atom. The molecule has 1 aromatic rings. The summed E-state index contributed by atoms with van der Waals surface area (Å²) in [6, 6.07) is 4.57. The maximum absolute atomic E-state index is 13.7. The number of nitriles is 1. The molecule has 0 unspecified atom stereocenters. The second-order valence-corrected chi connectivity index (χ2v) is 5.06. The first-order valence-corrected chi connectivity index (χ1v) is 7.05. The highest BCUT2D eigenvalue weighted by atomic mass is 19.1. The first kappa shape index (κ1) is 14.8. The van der Waals surface area contributed by atoms with E-state index >= 15 is 0 Å². The molecule has 20 heavy (non-hydrogen) atoms. The van der Waals surface area contributed by atoms with Crippen LogP contribution >= 0.6 is 0 Å². The van der Waals surface area contributed by atoms with Crippen molar-refractivity contribution in [1.82, 2.24) is 10.2 Å². The Balaban J connectivity index is 2.42. The van der Waals surface area contributed by atoms with Gasteiger partial charge in [0.25, 0.3) is 0 Å². The van der Waals surface area contributed by atoms with E-state index in [-0.39, 0.29) is 11.8 Å². The molecule has 0 bridgehead atoms. The van der Waals surface area contributed by atoms with Gasteiger partial charge < -0.3 is 10.4 Å². The number of nitrogens with one attached hydrogen (secondary N) is 1. The van der Waals surface area contributed by atoms with E-state index in [1.54, 1.807) is 0 Å². The molecular formula is C15H20FN3O. The number of rotatable bonds is 4. The molecule has 1 saturated heterocycles. The molecule has 0 spiro atoms. The molecule has 0 radical (unpaired) electrons. The molecule has 2 N–H and O–H groups in total. The summed E-state index contributed by atoms with van der Waals surface area (Å²) in [5, 5.41) is 22.6. The topological polar surface area (TPSA) is 59.3 Å². The zero-order chi connectivity index (χ0) is 14.5. The summed E-state index contributed by atoms with van der Waals surface area (Å²) in [4.78, 5) is 2.22. The summed E-state index contributed by atoms with van der Waals surface area (Å²) in [5.41, 5.74) is 0.803. The van der Waals surface area contributed by atoms with E-state index in [4.69, 9.17) is 0 Å². The SMILES string of the molecule is CCC[C@H](c1c(C#N)ccc(F)c1O)N1CCNCC1.